The topological polar surface area (TPSA) is 15.6 Å². The summed E-state index contributed by atoms with van der Waals surface area (Å²) in [5, 5.41) is 0. The van der Waals surface area contributed by atoms with E-state index in [1.54, 1.807) is 0 Å². The Labute approximate surface area is 132 Å². The molecule has 1 heterocycles. The van der Waals surface area contributed by atoms with Crippen LogP contribution in [0.1, 0.15) is 30.6 Å². The molecule has 0 bridgehead atoms. The highest BCUT2D eigenvalue weighted by atomic mass is 15.3. The van der Waals surface area contributed by atoms with Gasteiger partial charge in [-0.05, 0) is 31.5 Å². The molecule has 1 aliphatic rings. The van der Waals surface area contributed by atoms with E-state index in [0.717, 1.165) is 13.0 Å². The smallest absolute Gasteiger partial charge is 0.147 e. The molecule has 2 aromatic carbocycles. The van der Waals surface area contributed by atoms with E-state index in [4.69, 9.17) is 4.99 Å². The summed E-state index contributed by atoms with van der Waals surface area (Å²) in [6.07, 6.45) is 5.29. The normalized spacial score (nSPS) is 18.0. The lowest BCUT2D eigenvalue weighted by Gasteiger charge is -2.25. The molecule has 0 amide bonds. The quantitative estimate of drug-likeness (QED) is 0.730. The van der Waals surface area contributed by atoms with Gasteiger partial charge in [-0.1, -0.05) is 60.2 Å². The van der Waals surface area contributed by atoms with E-state index in [1.807, 2.05) is 0 Å². The van der Waals surface area contributed by atoms with Crippen LogP contribution in [0.3, 0.4) is 0 Å². The molecule has 2 nitrogen and oxygen atoms in total. The van der Waals surface area contributed by atoms with Crippen molar-refractivity contribution in [3.8, 4) is 0 Å². The Bertz CT molecular complexity index is 669. The molecular formula is C20H22N2. The van der Waals surface area contributed by atoms with Crippen LogP contribution in [0, 0.1) is 6.92 Å². The number of aryl methyl sites for hydroxylation is 1. The standard InChI is InChI=1S/C20H22N2/c1-3-4-8-18-15-22(19-9-6-5-7-10-19)20(21-18)17-13-11-16(2)12-14-17/h3-7,9-14,20H,8,15H2,1-2H3/b4-3-. The van der Waals surface area contributed by atoms with Gasteiger partial charge in [-0.3, -0.25) is 4.99 Å². The van der Waals surface area contributed by atoms with Gasteiger partial charge in [0.15, 0.2) is 0 Å². The summed E-state index contributed by atoms with van der Waals surface area (Å²) in [5.41, 5.74) is 5.01. The fourth-order valence-electron chi connectivity index (χ4n) is 2.78. The summed E-state index contributed by atoms with van der Waals surface area (Å²) < 4.78 is 0. The second-order valence-electron chi connectivity index (χ2n) is 5.72. The predicted molar refractivity (Wildman–Crippen MR) is 94.6 cm³/mol. The summed E-state index contributed by atoms with van der Waals surface area (Å²) in [5.74, 6) is 0. The highest BCUT2D eigenvalue weighted by Crippen LogP contribution is 2.32. The maximum atomic E-state index is 4.97. The number of allylic oxidation sites excluding steroid dienone is 2. The molecule has 1 unspecified atom stereocenters. The second kappa shape index (κ2) is 6.61. The van der Waals surface area contributed by atoms with Gasteiger partial charge in [0.1, 0.15) is 6.17 Å². The van der Waals surface area contributed by atoms with Crippen molar-refractivity contribution < 1.29 is 0 Å². The number of hydrogen-bond acceptors (Lipinski definition) is 2. The van der Waals surface area contributed by atoms with Gasteiger partial charge >= 0.3 is 0 Å². The van der Waals surface area contributed by atoms with Gasteiger partial charge < -0.3 is 4.90 Å². The average molecular weight is 290 g/mol. The third kappa shape index (κ3) is 3.11. The van der Waals surface area contributed by atoms with E-state index >= 15 is 0 Å². The van der Waals surface area contributed by atoms with Gasteiger partial charge in [-0.25, -0.2) is 0 Å². The SMILES string of the molecule is C/C=C\CC1=NC(c2ccc(C)cc2)N(c2ccccc2)C1. The third-order valence-electron chi connectivity index (χ3n) is 4.01. The molecule has 0 spiro atoms. The molecule has 0 aliphatic carbocycles. The van der Waals surface area contributed by atoms with Gasteiger partial charge in [0.05, 0.1) is 6.54 Å². The molecular weight excluding hydrogens is 268 g/mol. The van der Waals surface area contributed by atoms with Crippen molar-refractivity contribution in [1.29, 1.82) is 0 Å². The highest BCUT2D eigenvalue weighted by Gasteiger charge is 2.27. The third-order valence-corrected chi connectivity index (χ3v) is 4.01. The van der Waals surface area contributed by atoms with E-state index in [1.165, 1.54) is 22.5 Å². The minimum Gasteiger partial charge on any atom is -0.340 e. The van der Waals surface area contributed by atoms with Crippen molar-refractivity contribution in [2.45, 2.75) is 26.4 Å². The first-order valence-electron chi connectivity index (χ1n) is 7.83. The number of rotatable bonds is 4. The molecule has 0 saturated heterocycles. The Hall–Kier alpha value is -2.35. The number of anilines is 1. The van der Waals surface area contributed by atoms with Crippen molar-refractivity contribution in [3.63, 3.8) is 0 Å². The molecule has 1 aliphatic heterocycles. The summed E-state index contributed by atoms with van der Waals surface area (Å²) in [6, 6.07) is 19.3. The average Bonchev–Trinajstić information content (AvgIpc) is 2.98. The van der Waals surface area contributed by atoms with Crippen molar-refractivity contribution >= 4 is 11.4 Å². The summed E-state index contributed by atoms with van der Waals surface area (Å²) in [6.45, 7) is 5.07. The zero-order chi connectivity index (χ0) is 15.4. The largest absolute Gasteiger partial charge is 0.340 e. The number of para-hydroxylation sites is 1. The minimum absolute atomic E-state index is 0.0863. The molecule has 0 fully saturated rings. The van der Waals surface area contributed by atoms with E-state index in [2.05, 4.69) is 85.5 Å². The van der Waals surface area contributed by atoms with Crippen molar-refractivity contribution in [2.75, 3.05) is 11.4 Å². The van der Waals surface area contributed by atoms with E-state index in [0.29, 0.717) is 0 Å². The molecule has 0 radical (unpaired) electrons. The van der Waals surface area contributed by atoms with Crippen molar-refractivity contribution in [1.82, 2.24) is 0 Å². The summed E-state index contributed by atoms with van der Waals surface area (Å²) in [4.78, 5) is 7.35. The van der Waals surface area contributed by atoms with Crippen LogP contribution in [0.25, 0.3) is 0 Å². The summed E-state index contributed by atoms with van der Waals surface area (Å²) in [7, 11) is 0. The van der Waals surface area contributed by atoms with Gasteiger partial charge in [-0.15, -0.1) is 0 Å². The van der Waals surface area contributed by atoms with Crippen LogP contribution in [0.4, 0.5) is 5.69 Å². The maximum absolute atomic E-state index is 4.97. The van der Waals surface area contributed by atoms with E-state index in [9.17, 15) is 0 Å². The van der Waals surface area contributed by atoms with Crippen molar-refractivity contribution in [3.05, 3.63) is 77.9 Å². The first-order chi connectivity index (χ1) is 10.8. The zero-order valence-corrected chi connectivity index (χ0v) is 13.2. The molecule has 22 heavy (non-hydrogen) atoms. The van der Waals surface area contributed by atoms with Crippen LogP contribution >= 0.6 is 0 Å². The fourth-order valence-corrected chi connectivity index (χ4v) is 2.78. The zero-order valence-electron chi connectivity index (χ0n) is 13.2. The maximum Gasteiger partial charge on any atom is 0.147 e. The Kier molecular flexibility index (Phi) is 4.38. The molecule has 0 N–H and O–H groups in total. The van der Waals surface area contributed by atoms with Crippen LogP contribution in [0.2, 0.25) is 0 Å². The number of aliphatic imine (C=N–C) groups is 1. The number of benzene rings is 2. The monoisotopic (exact) mass is 290 g/mol. The lowest BCUT2D eigenvalue weighted by atomic mass is 10.1. The Morgan fingerprint density at radius 1 is 1.09 bits per heavy atom. The van der Waals surface area contributed by atoms with E-state index < -0.39 is 0 Å². The number of nitrogens with zero attached hydrogens (tertiary/aromatic N) is 2. The molecule has 3 rings (SSSR count). The molecule has 112 valence electrons. The summed E-state index contributed by atoms with van der Waals surface area (Å²) >= 11 is 0. The molecule has 1 atom stereocenters. The molecule has 2 heteroatoms. The minimum atomic E-state index is 0.0863. The van der Waals surface area contributed by atoms with Gasteiger partial charge in [0.25, 0.3) is 0 Å². The lowest BCUT2D eigenvalue weighted by Crippen LogP contribution is -2.25. The number of hydrogen-bond donors (Lipinski definition) is 0. The van der Waals surface area contributed by atoms with Gasteiger partial charge in [0.2, 0.25) is 0 Å². The van der Waals surface area contributed by atoms with Crippen LogP contribution in [0.15, 0.2) is 71.7 Å². The predicted octanol–water partition coefficient (Wildman–Crippen LogP) is 4.92. The fraction of sp³-hybridized carbons (Fsp3) is 0.250. The van der Waals surface area contributed by atoms with Crippen molar-refractivity contribution in [2.24, 2.45) is 4.99 Å². The van der Waals surface area contributed by atoms with E-state index in [-0.39, 0.29) is 6.17 Å². The van der Waals surface area contributed by atoms with Gasteiger partial charge in [-0.2, -0.15) is 0 Å². The first kappa shape index (κ1) is 14.6. The van der Waals surface area contributed by atoms with Crippen LogP contribution in [0.5, 0.6) is 0 Å². The van der Waals surface area contributed by atoms with Gasteiger partial charge in [0, 0.05) is 17.8 Å². The first-order valence-corrected chi connectivity index (χ1v) is 7.83. The van der Waals surface area contributed by atoms with Crippen LogP contribution < -0.4 is 4.90 Å². The lowest BCUT2D eigenvalue weighted by molar-refractivity contribution is 0.730. The second-order valence-corrected chi connectivity index (χ2v) is 5.72. The Balaban J connectivity index is 1.93. The van der Waals surface area contributed by atoms with Crippen LogP contribution in [-0.2, 0) is 0 Å². The molecule has 2 aromatic rings. The Morgan fingerprint density at radius 3 is 2.50 bits per heavy atom. The Morgan fingerprint density at radius 2 is 1.82 bits per heavy atom. The molecule has 0 aromatic heterocycles. The van der Waals surface area contributed by atoms with Crippen LogP contribution in [-0.4, -0.2) is 12.3 Å². The molecule has 0 saturated carbocycles. The highest BCUT2D eigenvalue weighted by molar-refractivity contribution is 5.92.